The standard InChI is InChI=1S/C20H19ClN4O4S2/c1-28-17-7-6-13(10-18(17)29-2)19-23-20-25(24-19)15(12-30-20)8-9-22-31(26,27)16-5-3-4-14(21)11-16/h3-7,10-12,22H,8-9H2,1-2H3. The van der Waals surface area contributed by atoms with Crippen molar-refractivity contribution in [3.05, 3.63) is 58.6 Å². The van der Waals surface area contributed by atoms with Crippen molar-refractivity contribution < 1.29 is 17.9 Å². The van der Waals surface area contributed by atoms with Crippen LogP contribution in [0.1, 0.15) is 5.69 Å². The number of ether oxygens (including phenoxy) is 2. The number of methoxy groups -OCH3 is 2. The molecule has 4 aromatic rings. The lowest BCUT2D eigenvalue weighted by Gasteiger charge is -2.08. The van der Waals surface area contributed by atoms with Crippen LogP contribution in [0.15, 0.2) is 52.7 Å². The molecule has 2 heterocycles. The van der Waals surface area contributed by atoms with Crippen LogP contribution in [0.4, 0.5) is 0 Å². The Morgan fingerprint density at radius 1 is 1.13 bits per heavy atom. The molecule has 0 fully saturated rings. The Labute approximate surface area is 188 Å². The summed E-state index contributed by atoms with van der Waals surface area (Å²) in [5.41, 5.74) is 1.65. The zero-order valence-electron chi connectivity index (χ0n) is 16.7. The molecule has 4 rings (SSSR count). The first-order valence-electron chi connectivity index (χ1n) is 9.22. The Morgan fingerprint density at radius 3 is 2.68 bits per heavy atom. The second kappa shape index (κ2) is 8.83. The molecule has 0 saturated heterocycles. The van der Waals surface area contributed by atoms with Gasteiger partial charge in [0.05, 0.1) is 24.8 Å². The highest BCUT2D eigenvalue weighted by molar-refractivity contribution is 7.89. The van der Waals surface area contributed by atoms with Crippen molar-refractivity contribution in [2.24, 2.45) is 0 Å². The lowest BCUT2D eigenvalue weighted by Crippen LogP contribution is -2.26. The van der Waals surface area contributed by atoms with E-state index in [1.54, 1.807) is 36.9 Å². The van der Waals surface area contributed by atoms with Crippen molar-refractivity contribution in [3.63, 3.8) is 0 Å². The molecule has 162 valence electrons. The van der Waals surface area contributed by atoms with Gasteiger partial charge in [-0.1, -0.05) is 17.7 Å². The van der Waals surface area contributed by atoms with Crippen molar-refractivity contribution in [3.8, 4) is 22.9 Å². The van der Waals surface area contributed by atoms with E-state index in [9.17, 15) is 8.42 Å². The minimum atomic E-state index is -3.64. The summed E-state index contributed by atoms with van der Waals surface area (Å²) in [5.74, 6) is 1.77. The molecule has 31 heavy (non-hydrogen) atoms. The summed E-state index contributed by atoms with van der Waals surface area (Å²) in [6, 6.07) is 11.6. The first-order chi connectivity index (χ1) is 14.9. The van der Waals surface area contributed by atoms with Crippen molar-refractivity contribution >= 4 is 37.9 Å². The van der Waals surface area contributed by atoms with Crippen LogP contribution in [-0.2, 0) is 16.4 Å². The number of benzene rings is 2. The van der Waals surface area contributed by atoms with Crippen molar-refractivity contribution in [2.75, 3.05) is 20.8 Å². The van der Waals surface area contributed by atoms with Gasteiger partial charge >= 0.3 is 0 Å². The predicted octanol–water partition coefficient (Wildman–Crippen LogP) is 3.65. The van der Waals surface area contributed by atoms with E-state index in [1.165, 1.54) is 23.5 Å². The molecule has 0 amide bonds. The normalized spacial score (nSPS) is 11.7. The van der Waals surface area contributed by atoms with E-state index in [1.807, 2.05) is 17.5 Å². The fourth-order valence-corrected chi connectivity index (χ4v) is 5.21. The molecular weight excluding hydrogens is 460 g/mol. The van der Waals surface area contributed by atoms with Crippen molar-refractivity contribution in [1.29, 1.82) is 0 Å². The molecule has 0 aliphatic carbocycles. The van der Waals surface area contributed by atoms with Crippen molar-refractivity contribution in [1.82, 2.24) is 19.3 Å². The van der Waals surface area contributed by atoms with Crippen LogP contribution < -0.4 is 14.2 Å². The van der Waals surface area contributed by atoms with Gasteiger partial charge in [-0.05, 0) is 36.4 Å². The second-order valence-corrected chi connectivity index (χ2v) is 9.57. The molecule has 0 unspecified atom stereocenters. The Balaban J connectivity index is 1.51. The van der Waals surface area contributed by atoms with Gasteiger partial charge in [-0.15, -0.1) is 16.4 Å². The van der Waals surface area contributed by atoms with E-state index in [4.69, 9.17) is 21.1 Å². The third kappa shape index (κ3) is 4.52. The van der Waals surface area contributed by atoms with Crippen LogP contribution in [0.5, 0.6) is 11.5 Å². The number of nitrogens with one attached hydrogen (secondary N) is 1. The summed E-state index contributed by atoms with van der Waals surface area (Å²) in [6.45, 7) is 0.215. The van der Waals surface area contributed by atoms with Gasteiger partial charge in [0.1, 0.15) is 0 Å². The highest BCUT2D eigenvalue weighted by atomic mass is 35.5. The van der Waals surface area contributed by atoms with Crippen molar-refractivity contribution in [2.45, 2.75) is 11.3 Å². The third-order valence-electron chi connectivity index (χ3n) is 4.57. The van der Waals surface area contributed by atoms with Crippen LogP contribution in [0.25, 0.3) is 16.3 Å². The fourth-order valence-electron chi connectivity index (χ4n) is 3.03. The van der Waals surface area contributed by atoms with Gasteiger partial charge in [-0.3, -0.25) is 0 Å². The Bertz CT molecular complexity index is 1330. The molecule has 8 nitrogen and oxygen atoms in total. The molecular formula is C20H19ClN4O4S2. The molecule has 11 heteroatoms. The number of nitrogens with zero attached hydrogens (tertiary/aromatic N) is 3. The van der Waals surface area contributed by atoms with Gasteiger partial charge in [0.2, 0.25) is 15.0 Å². The van der Waals surface area contributed by atoms with E-state index in [0.717, 1.165) is 16.2 Å². The van der Waals surface area contributed by atoms with Gasteiger partial charge in [0.25, 0.3) is 0 Å². The van der Waals surface area contributed by atoms with E-state index in [-0.39, 0.29) is 11.4 Å². The highest BCUT2D eigenvalue weighted by Crippen LogP contribution is 2.31. The number of hydrogen-bond acceptors (Lipinski definition) is 7. The molecule has 0 atom stereocenters. The predicted molar refractivity (Wildman–Crippen MR) is 120 cm³/mol. The second-order valence-electron chi connectivity index (χ2n) is 6.53. The topological polar surface area (TPSA) is 94.8 Å². The zero-order chi connectivity index (χ0) is 22.0. The van der Waals surface area contributed by atoms with Gasteiger partial charge in [0.15, 0.2) is 17.3 Å². The summed E-state index contributed by atoms with van der Waals surface area (Å²) in [7, 11) is -0.492. The van der Waals surface area contributed by atoms with E-state index in [0.29, 0.717) is 28.8 Å². The van der Waals surface area contributed by atoms with Crippen LogP contribution in [0.2, 0.25) is 5.02 Å². The lowest BCUT2D eigenvalue weighted by atomic mass is 10.2. The SMILES string of the molecule is COc1ccc(-c2nc3scc(CCNS(=O)(=O)c4cccc(Cl)c4)n3n2)cc1OC. The molecule has 1 N–H and O–H groups in total. The highest BCUT2D eigenvalue weighted by Gasteiger charge is 2.16. The average Bonchev–Trinajstić information content (AvgIpc) is 3.35. The number of sulfonamides is 1. The van der Waals surface area contributed by atoms with Crippen LogP contribution in [-0.4, -0.2) is 43.8 Å². The number of rotatable bonds is 8. The van der Waals surface area contributed by atoms with Gasteiger partial charge in [-0.25, -0.2) is 17.7 Å². The lowest BCUT2D eigenvalue weighted by molar-refractivity contribution is 0.355. The Hall–Kier alpha value is -2.66. The maximum Gasteiger partial charge on any atom is 0.240 e. The summed E-state index contributed by atoms with van der Waals surface area (Å²) >= 11 is 7.34. The van der Waals surface area contributed by atoms with Gasteiger partial charge < -0.3 is 9.47 Å². The first kappa shape index (κ1) is 21.6. The summed E-state index contributed by atoms with van der Waals surface area (Å²) in [6.07, 6.45) is 0.453. The van der Waals surface area contributed by atoms with Crippen LogP contribution >= 0.6 is 22.9 Å². The number of hydrogen-bond donors (Lipinski definition) is 1. The number of thiazole rings is 1. The number of fused-ring (bicyclic) bond motifs is 1. The molecule has 0 saturated carbocycles. The number of aromatic nitrogens is 3. The quantitative estimate of drug-likeness (QED) is 0.415. The summed E-state index contributed by atoms with van der Waals surface area (Å²) < 4.78 is 39.8. The minimum Gasteiger partial charge on any atom is -0.493 e. The largest absolute Gasteiger partial charge is 0.493 e. The maximum absolute atomic E-state index is 12.5. The Morgan fingerprint density at radius 2 is 1.94 bits per heavy atom. The fraction of sp³-hybridized carbons (Fsp3) is 0.200. The molecule has 0 radical (unpaired) electrons. The van der Waals surface area contributed by atoms with Gasteiger partial charge in [0, 0.05) is 28.9 Å². The molecule has 2 aromatic carbocycles. The Kier molecular flexibility index (Phi) is 6.15. The summed E-state index contributed by atoms with van der Waals surface area (Å²) in [4.78, 5) is 5.42. The van der Waals surface area contributed by atoms with E-state index >= 15 is 0 Å². The molecule has 0 aliphatic rings. The minimum absolute atomic E-state index is 0.131. The molecule has 0 spiro atoms. The first-order valence-corrected chi connectivity index (χ1v) is 12.0. The smallest absolute Gasteiger partial charge is 0.240 e. The monoisotopic (exact) mass is 478 g/mol. The number of halogens is 1. The van der Waals surface area contributed by atoms with Gasteiger partial charge in [-0.2, -0.15) is 4.98 Å². The molecule has 0 bridgehead atoms. The van der Waals surface area contributed by atoms with E-state index in [2.05, 4.69) is 14.8 Å². The average molecular weight is 479 g/mol. The van der Waals surface area contributed by atoms with E-state index < -0.39 is 10.0 Å². The zero-order valence-corrected chi connectivity index (χ0v) is 19.1. The molecule has 0 aliphatic heterocycles. The summed E-state index contributed by atoms with van der Waals surface area (Å²) in [5, 5.41) is 6.87. The third-order valence-corrected chi connectivity index (χ3v) is 7.13. The van der Waals surface area contributed by atoms with Crippen LogP contribution in [0, 0.1) is 0 Å². The van der Waals surface area contributed by atoms with Crippen LogP contribution in [0.3, 0.4) is 0 Å². The maximum atomic E-state index is 12.5. The molecule has 2 aromatic heterocycles.